The van der Waals surface area contributed by atoms with Crippen molar-refractivity contribution in [2.75, 3.05) is 0 Å². The van der Waals surface area contributed by atoms with Crippen LogP contribution in [-0.4, -0.2) is 21.6 Å². The molecule has 0 bridgehead atoms. The molecule has 1 amide bonds. The van der Waals surface area contributed by atoms with Gasteiger partial charge in [0.2, 0.25) is 0 Å². The number of nitrogens with zero attached hydrogens (tertiary/aromatic N) is 2. The van der Waals surface area contributed by atoms with E-state index in [9.17, 15) is 20.0 Å². The number of nitrogens with one attached hydrogen (secondary N) is 1. The summed E-state index contributed by atoms with van der Waals surface area (Å²) in [6.45, 7) is 2.86. The molecule has 8 heteroatoms. The highest BCUT2D eigenvalue weighted by Gasteiger charge is 2.32. The maximum Gasteiger partial charge on any atom is 0.433 e. The molecule has 0 radical (unpaired) electrons. The van der Waals surface area contributed by atoms with E-state index in [1.807, 2.05) is 0 Å². The third-order valence-corrected chi connectivity index (χ3v) is 3.23. The summed E-state index contributed by atoms with van der Waals surface area (Å²) >= 11 is 0. The summed E-state index contributed by atoms with van der Waals surface area (Å²) in [4.78, 5) is 22.0. The second-order valence-electron chi connectivity index (χ2n) is 4.97. The van der Waals surface area contributed by atoms with Crippen LogP contribution in [0.15, 0.2) is 52.0 Å². The molecule has 0 saturated heterocycles. The summed E-state index contributed by atoms with van der Waals surface area (Å²) in [5.41, 5.74) is 1.11. The molecule has 0 aliphatic heterocycles. The van der Waals surface area contributed by atoms with Crippen LogP contribution >= 0.6 is 0 Å². The second-order valence-corrected chi connectivity index (χ2v) is 4.97. The minimum atomic E-state index is -1.76. The number of carbonyl (C=O) groups is 1. The van der Waals surface area contributed by atoms with Gasteiger partial charge in [-0.2, -0.15) is 5.10 Å². The van der Waals surface area contributed by atoms with Crippen molar-refractivity contribution in [3.05, 3.63) is 63.9 Å². The molecule has 1 aromatic carbocycles. The second kappa shape index (κ2) is 6.41. The Morgan fingerprint density at radius 1 is 1.30 bits per heavy atom. The van der Waals surface area contributed by atoms with Crippen LogP contribution in [0.2, 0.25) is 0 Å². The van der Waals surface area contributed by atoms with Crippen LogP contribution in [0.1, 0.15) is 25.2 Å². The van der Waals surface area contributed by atoms with E-state index in [0.29, 0.717) is 5.56 Å². The van der Waals surface area contributed by atoms with Crippen molar-refractivity contribution in [2.24, 2.45) is 5.10 Å². The number of nitro groups is 1. The van der Waals surface area contributed by atoms with Gasteiger partial charge in [0.15, 0.2) is 11.4 Å². The van der Waals surface area contributed by atoms with Gasteiger partial charge in [-0.1, -0.05) is 30.3 Å². The highest BCUT2D eigenvalue weighted by Crippen LogP contribution is 2.20. The highest BCUT2D eigenvalue weighted by atomic mass is 16.6. The summed E-state index contributed by atoms with van der Waals surface area (Å²) < 4.78 is 4.97. The van der Waals surface area contributed by atoms with Crippen molar-refractivity contribution < 1.29 is 19.2 Å². The van der Waals surface area contributed by atoms with Gasteiger partial charge < -0.3 is 9.52 Å². The molecule has 1 heterocycles. The third kappa shape index (κ3) is 3.61. The van der Waals surface area contributed by atoms with E-state index in [2.05, 4.69) is 10.5 Å². The molecule has 0 fully saturated rings. The predicted molar refractivity (Wildman–Crippen MR) is 81.7 cm³/mol. The van der Waals surface area contributed by atoms with Gasteiger partial charge in [-0.15, -0.1) is 0 Å². The van der Waals surface area contributed by atoms with Gasteiger partial charge in [0.1, 0.15) is 10.6 Å². The van der Waals surface area contributed by atoms with E-state index < -0.39 is 22.3 Å². The number of aliphatic hydroxyl groups is 1. The van der Waals surface area contributed by atoms with Gasteiger partial charge in [-0.3, -0.25) is 14.9 Å². The van der Waals surface area contributed by atoms with Crippen LogP contribution in [0.4, 0.5) is 5.88 Å². The number of carbonyl (C=O) groups excluding carboxylic acids is 1. The van der Waals surface area contributed by atoms with E-state index in [0.717, 1.165) is 0 Å². The van der Waals surface area contributed by atoms with Crippen molar-refractivity contribution in [3.63, 3.8) is 0 Å². The summed E-state index contributed by atoms with van der Waals surface area (Å²) in [7, 11) is 0. The van der Waals surface area contributed by atoms with E-state index in [-0.39, 0.29) is 11.5 Å². The largest absolute Gasteiger partial charge is 0.433 e. The maximum absolute atomic E-state index is 12.1. The lowest BCUT2D eigenvalue weighted by Crippen LogP contribution is -2.40. The minimum absolute atomic E-state index is 0.149. The molecular weight excluding hydrogens is 302 g/mol. The topological polar surface area (TPSA) is 118 Å². The first-order chi connectivity index (χ1) is 10.8. The Balaban J connectivity index is 2.11. The lowest BCUT2D eigenvalue weighted by molar-refractivity contribution is -0.402. The summed E-state index contributed by atoms with van der Waals surface area (Å²) in [5.74, 6) is -1.00. The number of benzene rings is 1. The van der Waals surface area contributed by atoms with Crippen molar-refractivity contribution >= 4 is 17.5 Å². The zero-order valence-electron chi connectivity index (χ0n) is 12.5. The Labute approximate surface area is 131 Å². The monoisotopic (exact) mass is 317 g/mol. The Morgan fingerprint density at radius 2 is 1.96 bits per heavy atom. The van der Waals surface area contributed by atoms with Gasteiger partial charge in [0.05, 0.1) is 6.07 Å². The van der Waals surface area contributed by atoms with Crippen LogP contribution < -0.4 is 5.43 Å². The lowest BCUT2D eigenvalue weighted by atomic mass is 9.95. The van der Waals surface area contributed by atoms with Gasteiger partial charge in [0, 0.05) is 0 Å². The van der Waals surface area contributed by atoms with Gasteiger partial charge in [0.25, 0.3) is 5.91 Å². The number of hydrogen-bond acceptors (Lipinski definition) is 6. The predicted octanol–water partition coefficient (Wildman–Crippen LogP) is 1.94. The number of amides is 1. The standard InChI is InChI=1S/C15H15N3O5/c1-10(12-8-9-13(23-12)18(21)22)16-17-14(19)15(2,20)11-6-4-3-5-7-11/h3-9,20H,1-2H3,(H,17,19)/t15-/m0/s1. The van der Waals surface area contributed by atoms with Crippen molar-refractivity contribution in [3.8, 4) is 0 Å². The molecule has 2 N–H and O–H groups in total. The summed E-state index contributed by atoms with van der Waals surface area (Å²) in [6.07, 6.45) is 0. The molecule has 0 aliphatic carbocycles. The molecule has 0 saturated carbocycles. The van der Waals surface area contributed by atoms with Gasteiger partial charge in [-0.05, 0) is 25.5 Å². The average Bonchev–Trinajstić information content (AvgIpc) is 3.03. The van der Waals surface area contributed by atoms with Crippen LogP contribution in [-0.2, 0) is 10.4 Å². The fourth-order valence-corrected chi connectivity index (χ4v) is 1.81. The van der Waals surface area contributed by atoms with Crippen LogP contribution in [0.25, 0.3) is 0 Å². The minimum Gasteiger partial charge on any atom is -0.399 e. The first kappa shape index (κ1) is 16.4. The van der Waals surface area contributed by atoms with Crippen LogP contribution in [0.5, 0.6) is 0 Å². The molecule has 8 nitrogen and oxygen atoms in total. The molecule has 0 spiro atoms. The fourth-order valence-electron chi connectivity index (χ4n) is 1.81. The number of hydrogen-bond donors (Lipinski definition) is 2. The Kier molecular flexibility index (Phi) is 4.56. The van der Waals surface area contributed by atoms with Gasteiger partial charge >= 0.3 is 5.88 Å². The van der Waals surface area contributed by atoms with E-state index in [4.69, 9.17) is 4.42 Å². The zero-order valence-corrected chi connectivity index (χ0v) is 12.5. The van der Waals surface area contributed by atoms with Gasteiger partial charge in [-0.25, -0.2) is 5.43 Å². The van der Waals surface area contributed by atoms with Crippen molar-refractivity contribution in [1.29, 1.82) is 0 Å². The summed E-state index contributed by atoms with van der Waals surface area (Å²) in [6, 6.07) is 11.0. The van der Waals surface area contributed by atoms with Crippen LogP contribution in [0.3, 0.4) is 0 Å². The molecule has 2 aromatic rings. The first-order valence-corrected chi connectivity index (χ1v) is 6.69. The highest BCUT2D eigenvalue weighted by molar-refractivity contribution is 5.97. The van der Waals surface area contributed by atoms with E-state index >= 15 is 0 Å². The fraction of sp³-hybridized carbons (Fsp3) is 0.200. The smallest absolute Gasteiger partial charge is 0.399 e. The van der Waals surface area contributed by atoms with Crippen molar-refractivity contribution in [1.82, 2.24) is 5.43 Å². The Hall–Kier alpha value is -3.00. The molecule has 120 valence electrons. The number of rotatable bonds is 5. The quantitative estimate of drug-likeness (QED) is 0.496. The van der Waals surface area contributed by atoms with E-state index in [1.54, 1.807) is 30.3 Å². The number of hydrazone groups is 1. The summed E-state index contributed by atoms with van der Waals surface area (Å²) in [5, 5.41) is 24.7. The average molecular weight is 317 g/mol. The first-order valence-electron chi connectivity index (χ1n) is 6.69. The molecule has 0 unspecified atom stereocenters. The molecule has 1 aromatic heterocycles. The van der Waals surface area contributed by atoms with E-state index in [1.165, 1.54) is 26.0 Å². The molecule has 1 atom stereocenters. The number of furan rings is 1. The SMILES string of the molecule is CC(=NNC(=O)[C@@](C)(O)c1ccccc1)c1ccc([N+](=O)[O-])o1. The Morgan fingerprint density at radius 3 is 2.52 bits per heavy atom. The molecule has 2 rings (SSSR count). The lowest BCUT2D eigenvalue weighted by Gasteiger charge is -2.21. The maximum atomic E-state index is 12.1. The van der Waals surface area contributed by atoms with Crippen molar-refractivity contribution in [2.45, 2.75) is 19.4 Å². The Bertz CT molecular complexity index is 749. The zero-order chi connectivity index (χ0) is 17.0. The molecule has 0 aliphatic rings. The van der Waals surface area contributed by atoms with Crippen LogP contribution in [0, 0.1) is 10.1 Å². The molecular formula is C15H15N3O5. The third-order valence-electron chi connectivity index (χ3n) is 3.23. The molecule has 23 heavy (non-hydrogen) atoms. The normalized spacial score (nSPS) is 14.1.